The Kier molecular flexibility index (Phi) is 7.75. The zero-order valence-corrected chi connectivity index (χ0v) is 14.6. The predicted molar refractivity (Wildman–Crippen MR) is 103 cm³/mol. The number of allylic oxidation sites excluding steroid dienone is 1. The van der Waals surface area contributed by atoms with E-state index in [1.807, 2.05) is 6.08 Å². The van der Waals surface area contributed by atoms with E-state index in [1.165, 1.54) is 16.3 Å². The van der Waals surface area contributed by atoms with Crippen molar-refractivity contribution in [2.75, 3.05) is 18.8 Å². The summed E-state index contributed by atoms with van der Waals surface area (Å²) >= 11 is 1.69. The summed E-state index contributed by atoms with van der Waals surface area (Å²) in [5.41, 5.74) is 1.34. The van der Waals surface area contributed by atoms with Gasteiger partial charge in [-0.2, -0.15) is 0 Å². The highest BCUT2D eigenvalue weighted by atomic mass is 32.2. The summed E-state index contributed by atoms with van der Waals surface area (Å²) in [7, 11) is 0. The van der Waals surface area contributed by atoms with Crippen molar-refractivity contribution in [2.45, 2.75) is 19.9 Å². The maximum Gasteiger partial charge on any atom is 0.0674 e. The van der Waals surface area contributed by atoms with Crippen LogP contribution < -0.4 is 10.0 Å². The molecule has 0 heterocycles. The van der Waals surface area contributed by atoms with Crippen LogP contribution in [0.1, 0.15) is 25.5 Å². The molecule has 1 unspecified atom stereocenters. The molecule has 120 valence electrons. The van der Waals surface area contributed by atoms with E-state index in [9.17, 15) is 0 Å². The maximum absolute atomic E-state index is 3.53. The lowest BCUT2D eigenvalue weighted by atomic mass is 10.00. The molecule has 0 spiro atoms. The van der Waals surface area contributed by atoms with Gasteiger partial charge >= 0.3 is 0 Å². The van der Waals surface area contributed by atoms with Crippen LogP contribution in [0.25, 0.3) is 10.8 Å². The van der Waals surface area contributed by atoms with Gasteiger partial charge < -0.3 is 5.32 Å². The summed E-state index contributed by atoms with van der Waals surface area (Å²) < 4.78 is 3.18. The van der Waals surface area contributed by atoms with Gasteiger partial charge in [0.1, 0.15) is 0 Å². The maximum atomic E-state index is 3.53. The molecule has 2 aromatic rings. The quantitative estimate of drug-likeness (QED) is 0.451. The highest BCUT2D eigenvalue weighted by Gasteiger charge is 2.07. The van der Waals surface area contributed by atoms with Crippen LogP contribution in [0.15, 0.2) is 54.6 Å². The molecule has 0 aliphatic rings. The van der Waals surface area contributed by atoms with Gasteiger partial charge in [-0.25, -0.2) is 0 Å². The fourth-order valence-electron chi connectivity index (χ4n) is 2.40. The smallest absolute Gasteiger partial charge is 0.0674 e. The van der Waals surface area contributed by atoms with Crippen LogP contribution in [0.4, 0.5) is 0 Å². The van der Waals surface area contributed by atoms with Gasteiger partial charge in [0.25, 0.3) is 0 Å². The van der Waals surface area contributed by atoms with Crippen LogP contribution in [-0.2, 0) is 0 Å². The number of benzene rings is 2. The molecule has 0 saturated heterocycles. The first-order valence-corrected chi connectivity index (χ1v) is 9.00. The topological polar surface area (TPSA) is 24.1 Å². The lowest BCUT2D eigenvalue weighted by molar-refractivity contribution is 0.621. The van der Waals surface area contributed by atoms with Crippen LogP contribution in [0.3, 0.4) is 0 Å². The third kappa shape index (κ3) is 5.76. The SMILES string of the molecule is CCSNCC#C/C=C/CNC(C)c1cccc2ccccc12. The predicted octanol–water partition coefficient (Wildman–Crippen LogP) is 4.31. The first kappa shape index (κ1) is 17.6. The summed E-state index contributed by atoms with van der Waals surface area (Å²) in [5, 5.41) is 6.14. The Hall–Kier alpha value is -1.73. The molecule has 2 rings (SSSR count). The number of rotatable bonds is 7. The average molecular weight is 324 g/mol. The highest BCUT2D eigenvalue weighted by Crippen LogP contribution is 2.23. The minimum Gasteiger partial charge on any atom is -0.307 e. The molecule has 0 aliphatic carbocycles. The molecule has 0 radical (unpaired) electrons. The van der Waals surface area contributed by atoms with E-state index in [1.54, 1.807) is 11.9 Å². The third-order valence-corrected chi connectivity index (χ3v) is 4.18. The van der Waals surface area contributed by atoms with Gasteiger partial charge in [-0.3, -0.25) is 4.72 Å². The van der Waals surface area contributed by atoms with Crippen molar-refractivity contribution >= 4 is 22.7 Å². The first-order chi connectivity index (χ1) is 11.3. The molecule has 23 heavy (non-hydrogen) atoms. The van der Waals surface area contributed by atoms with E-state index in [4.69, 9.17) is 0 Å². The molecule has 3 heteroatoms. The van der Waals surface area contributed by atoms with Crippen molar-refractivity contribution < 1.29 is 0 Å². The van der Waals surface area contributed by atoms with Crippen molar-refractivity contribution in [3.63, 3.8) is 0 Å². The minimum absolute atomic E-state index is 0.307. The Morgan fingerprint density at radius 1 is 1.17 bits per heavy atom. The van der Waals surface area contributed by atoms with Gasteiger partial charge in [-0.05, 0) is 29.3 Å². The lowest BCUT2D eigenvalue weighted by Gasteiger charge is -2.15. The molecular formula is C20H24N2S. The molecule has 2 nitrogen and oxygen atoms in total. The van der Waals surface area contributed by atoms with Gasteiger partial charge in [0.2, 0.25) is 0 Å². The van der Waals surface area contributed by atoms with Crippen molar-refractivity contribution in [1.29, 1.82) is 0 Å². The van der Waals surface area contributed by atoms with E-state index < -0.39 is 0 Å². The zero-order chi connectivity index (χ0) is 16.3. The highest BCUT2D eigenvalue weighted by molar-refractivity contribution is 7.97. The molecule has 0 aliphatic heterocycles. The van der Waals surface area contributed by atoms with Gasteiger partial charge in [-0.1, -0.05) is 79.3 Å². The molecule has 1 atom stereocenters. The van der Waals surface area contributed by atoms with E-state index in [-0.39, 0.29) is 0 Å². The summed E-state index contributed by atoms with van der Waals surface area (Å²) in [6.45, 7) is 5.86. The lowest BCUT2D eigenvalue weighted by Crippen LogP contribution is -2.18. The number of nitrogens with one attached hydrogen (secondary N) is 2. The second kappa shape index (κ2) is 10.1. The molecule has 0 saturated carbocycles. The first-order valence-electron chi connectivity index (χ1n) is 8.02. The minimum atomic E-state index is 0.307. The van der Waals surface area contributed by atoms with E-state index >= 15 is 0 Å². The Bertz CT molecular complexity index is 692. The Morgan fingerprint density at radius 3 is 2.87 bits per heavy atom. The molecule has 0 amide bonds. The van der Waals surface area contributed by atoms with Crippen LogP contribution in [0.5, 0.6) is 0 Å². The Morgan fingerprint density at radius 2 is 2.00 bits per heavy atom. The largest absolute Gasteiger partial charge is 0.307 e. The van der Waals surface area contributed by atoms with Gasteiger partial charge in [0, 0.05) is 18.3 Å². The van der Waals surface area contributed by atoms with Gasteiger partial charge in [-0.15, -0.1) is 0 Å². The van der Waals surface area contributed by atoms with Crippen molar-refractivity contribution in [2.24, 2.45) is 0 Å². The number of hydrogen-bond acceptors (Lipinski definition) is 3. The Labute approximate surface area is 143 Å². The Balaban J connectivity index is 1.84. The second-order valence-electron chi connectivity index (χ2n) is 5.18. The number of hydrogen-bond donors (Lipinski definition) is 2. The fraction of sp³-hybridized carbons (Fsp3) is 0.300. The van der Waals surface area contributed by atoms with Crippen molar-refractivity contribution in [1.82, 2.24) is 10.0 Å². The summed E-state index contributed by atoms with van der Waals surface area (Å²) in [6.07, 6.45) is 3.99. The van der Waals surface area contributed by atoms with E-state index in [2.05, 4.69) is 84.3 Å². The van der Waals surface area contributed by atoms with Crippen LogP contribution >= 0.6 is 11.9 Å². The molecular weight excluding hydrogens is 300 g/mol. The van der Waals surface area contributed by atoms with Crippen LogP contribution in [0, 0.1) is 11.8 Å². The second-order valence-corrected chi connectivity index (χ2v) is 6.33. The zero-order valence-electron chi connectivity index (χ0n) is 13.8. The van der Waals surface area contributed by atoms with Gasteiger partial charge in [0.15, 0.2) is 0 Å². The molecule has 0 bridgehead atoms. The van der Waals surface area contributed by atoms with E-state index in [0.717, 1.165) is 18.8 Å². The molecule has 0 fully saturated rings. The number of fused-ring (bicyclic) bond motifs is 1. The standard InChI is InChI=1S/C20H24N2S/c1-3-23-22-16-9-5-4-8-15-21-17(2)19-14-10-12-18-11-6-7-13-20(18)19/h4,6-8,10-14,17,21-22H,3,15-16H2,1-2H3/b8-4+. The van der Waals surface area contributed by atoms with Crippen LogP contribution in [0.2, 0.25) is 0 Å². The summed E-state index contributed by atoms with van der Waals surface area (Å²) in [5.74, 6) is 7.17. The average Bonchev–Trinajstić information content (AvgIpc) is 2.59. The monoisotopic (exact) mass is 324 g/mol. The van der Waals surface area contributed by atoms with Gasteiger partial charge in [0.05, 0.1) is 6.54 Å². The summed E-state index contributed by atoms with van der Waals surface area (Å²) in [4.78, 5) is 0. The molecule has 2 aromatic carbocycles. The van der Waals surface area contributed by atoms with E-state index in [0.29, 0.717) is 6.04 Å². The third-order valence-electron chi connectivity index (χ3n) is 3.54. The fourth-order valence-corrected chi connectivity index (χ4v) is 2.78. The molecule has 0 aromatic heterocycles. The van der Waals surface area contributed by atoms with Crippen LogP contribution in [-0.4, -0.2) is 18.8 Å². The normalized spacial score (nSPS) is 12.3. The molecule has 2 N–H and O–H groups in total. The van der Waals surface area contributed by atoms with Crippen molar-refractivity contribution in [3.8, 4) is 11.8 Å². The summed E-state index contributed by atoms with van der Waals surface area (Å²) in [6, 6.07) is 15.3. The van der Waals surface area contributed by atoms with Crippen molar-refractivity contribution in [3.05, 3.63) is 60.2 Å².